The van der Waals surface area contributed by atoms with Crippen molar-refractivity contribution in [2.75, 3.05) is 0 Å². The maximum Gasteiger partial charge on any atom is 0.185 e. The standard InChI is InChI=1S/C9H7FN2O/c1-5-6(10)2-3-7-9(5)12-8(4-13)11-7/h2-4H,1H3,(H,11,12). The van der Waals surface area contributed by atoms with Gasteiger partial charge in [0.05, 0.1) is 11.0 Å². The first kappa shape index (κ1) is 7.91. The average Bonchev–Trinajstić information content (AvgIpc) is 2.55. The summed E-state index contributed by atoms with van der Waals surface area (Å²) in [6.45, 7) is 1.63. The molecule has 0 aliphatic carbocycles. The number of nitrogens with one attached hydrogen (secondary N) is 1. The van der Waals surface area contributed by atoms with Crippen molar-refractivity contribution in [2.45, 2.75) is 6.92 Å². The van der Waals surface area contributed by atoms with Crippen LogP contribution in [0.5, 0.6) is 0 Å². The molecule has 0 aliphatic rings. The molecular formula is C9H7FN2O. The van der Waals surface area contributed by atoms with Crippen molar-refractivity contribution in [1.29, 1.82) is 0 Å². The molecular weight excluding hydrogens is 171 g/mol. The normalized spacial score (nSPS) is 10.6. The van der Waals surface area contributed by atoms with E-state index in [0.29, 0.717) is 22.9 Å². The molecule has 2 rings (SSSR count). The number of hydrogen-bond donors (Lipinski definition) is 1. The van der Waals surface area contributed by atoms with Gasteiger partial charge in [0, 0.05) is 5.56 Å². The lowest BCUT2D eigenvalue weighted by molar-refractivity contribution is 0.111. The maximum atomic E-state index is 13.0. The van der Waals surface area contributed by atoms with Crippen LogP contribution < -0.4 is 0 Å². The number of benzene rings is 1. The summed E-state index contributed by atoms with van der Waals surface area (Å²) in [4.78, 5) is 17.1. The van der Waals surface area contributed by atoms with Gasteiger partial charge < -0.3 is 4.98 Å². The van der Waals surface area contributed by atoms with Gasteiger partial charge in [0.1, 0.15) is 5.82 Å². The smallest absolute Gasteiger partial charge is 0.185 e. The molecule has 0 bridgehead atoms. The predicted octanol–water partition coefficient (Wildman–Crippen LogP) is 1.82. The molecule has 0 amide bonds. The Balaban J connectivity index is 2.83. The van der Waals surface area contributed by atoms with Crippen LogP contribution >= 0.6 is 0 Å². The molecule has 66 valence electrons. The minimum absolute atomic E-state index is 0.226. The fraction of sp³-hybridized carbons (Fsp3) is 0.111. The third-order valence-corrected chi connectivity index (χ3v) is 1.97. The predicted molar refractivity (Wildman–Crippen MR) is 46.2 cm³/mol. The molecule has 1 N–H and O–H groups in total. The summed E-state index contributed by atoms with van der Waals surface area (Å²) in [6, 6.07) is 2.92. The topological polar surface area (TPSA) is 45.8 Å². The highest BCUT2D eigenvalue weighted by atomic mass is 19.1. The fourth-order valence-electron chi connectivity index (χ4n) is 1.26. The zero-order chi connectivity index (χ0) is 9.42. The molecule has 4 heteroatoms. The van der Waals surface area contributed by atoms with Crippen LogP contribution in [-0.2, 0) is 0 Å². The van der Waals surface area contributed by atoms with Gasteiger partial charge in [0.25, 0.3) is 0 Å². The quantitative estimate of drug-likeness (QED) is 0.677. The second kappa shape index (κ2) is 2.65. The first-order valence-electron chi connectivity index (χ1n) is 3.82. The third kappa shape index (κ3) is 1.11. The van der Waals surface area contributed by atoms with Crippen LogP contribution in [0, 0.1) is 12.7 Å². The Bertz CT molecular complexity index is 476. The highest BCUT2D eigenvalue weighted by molar-refractivity contribution is 5.84. The molecule has 0 radical (unpaired) electrons. The van der Waals surface area contributed by atoms with E-state index in [4.69, 9.17) is 0 Å². The van der Waals surface area contributed by atoms with Gasteiger partial charge >= 0.3 is 0 Å². The SMILES string of the molecule is Cc1c(F)ccc2[nH]c(C=O)nc12. The van der Waals surface area contributed by atoms with E-state index in [-0.39, 0.29) is 11.6 Å². The van der Waals surface area contributed by atoms with E-state index >= 15 is 0 Å². The van der Waals surface area contributed by atoms with Gasteiger partial charge in [0.2, 0.25) is 0 Å². The van der Waals surface area contributed by atoms with Crippen molar-refractivity contribution in [3.63, 3.8) is 0 Å². The number of aromatic nitrogens is 2. The summed E-state index contributed by atoms with van der Waals surface area (Å²) >= 11 is 0. The van der Waals surface area contributed by atoms with Crippen molar-refractivity contribution in [1.82, 2.24) is 9.97 Å². The lowest BCUT2D eigenvalue weighted by Crippen LogP contribution is -1.83. The van der Waals surface area contributed by atoms with E-state index in [1.807, 2.05) is 0 Å². The molecule has 3 nitrogen and oxygen atoms in total. The molecule has 0 fully saturated rings. The third-order valence-electron chi connectivity index (χ3n) is 1.97. The van der Waals surface area contributed by atoms with Crippen molar-refractivity contribution in [3.8, 4) is 0 Å². The maximum absolute atomic E-state index is 13.0. The van der Waals surface area contributed by atoms with Gasteiger partial charge in [-0.3, -0.25) is 4.79 Å². The number of aromatic amines is 1. The highest BCUT2D eigenvalue weighted by Gasteiger charge is 2.07. The molecule has 2 aromatic rings. The van der Waals surface area contributed by atoms with Gasteiger partial charge in [-0.2, -0.15) is 0 Å². The van der Waals surface area contributed by atoms with Gasteiger partial charge in [-0.05, 0) is 19.1 Å². The summed E-state index contributed by atoms with van der Waals surface area (Å²) in [7, 11) is 0. The summed E-state index contributed by atoms with van der Waals surface area (Å²) in [5, 5.41) is 0. The molecule has 13 heavy (non-hydrogen) atoms. The summed E-state index contributed by atoms with van der Waals surface area (Å²) in [6.07, 6.45) is 0.608. The van der Waals surface area contributed by atoms with Gasteiger partial charge in [0.15, 0.2) is 12.1 Å². The molecule has 0 atom stereocenters. The van der Waals surface area contributed by atoms with Crippen LogP contribution in [0.2, 0.25) is 0 Å². The average molecular weight is 178 g/mol. The molecule has 0 saturated heterocycles. The fourth-order valence-corrected chi connectivity index (χ4v) is 1.26. The van der Waals surface area contributed by atoms with E-state index in [2.05, 4.69) is 9.97 Å². The number of imidazole rings is 1. The number of halogens is 1. The van der Waals surface area contributed by atoms with Crippen LogP contribution in [-0.4, -0.2) is 16.3 Å². The lowest BCUT2D eigenvalue weighted by atomic mass is 10.2. The summed E-state index contributed by atoms with van der Waals surface area (Å²) in [5.41, 5.74) is 1.66. The number of H-pyrrole nitrogens is 1. The first-order valence-corrected chi connectivity index (χ1v) is 3.82. The Labute approximate surface area is 73.6 Å². The molecule has 0 unspecified atom stereocenters. The molecule has 0 aliphatic heterocycles. The Hall–Kier alpha value is -1.71. The summed E-state index contributed by atoms with van der Waals surface area (Å²) in [5.74, 6) is -0.0832. The van der Waals surface area contributed by atoms with Crippen LogP contribution in [0.1, 0.15) is 16.2 Å². The minimum atomic E-state index is -0.309. The van der Waals surface area contributed by atoms with Crippen LogP contribution in [0.25, 0.3) is 11.0 Å². The molecule has 1 aromatic carbocycles. The van der Waals surface area contributed by atoms with Gasteiger partial charge in [-0.15, -0.1) is 0 Å². The van der Waals surface area contributed by atoms with E-state index in [1.165, 1.54) is 6.07 Å². The monoisotopic (exact) mass is 178 g/mol. The lowest BCUT2D eigenvalue weighted by Gasteiger charge is -1.94. The first-order chi connectivity index (χ1) is 6.22. The van der Waals surface area contributed by atoms with Gasteiger partial charge in [-0.1, -0.05) is 0 Å². The Morgan fingerprint density at radius 1 is 1.54 bits per heavy atom. The van der Waals surface area contributed by atoms with Crippen LogP contribution in [0.3, 0.4) is 0 Å². The number of carbonyl (C=O) groups excluding carboxylic acids is 1. The van der Waals surface area contributed by atoms with Crippen LogP contribution in [0.4, 0.5) is 4.39 Å². The Morgan fingerprint density at radius 2 is 2.31 bits per heavy atom. The van der Waals surface area contributed by atoms with Crippen molar-refractivity contribution in [3.05, 3.63) is 29.3 Å². The zero-order valence-corrected chi connectivity index (χ0v) is 6.97. The molecule has 1 heterocycles. The second-order valence-corrected chi connectivity index (χ2v) is 2.81. The minimum Gasteiger partial charge on any atom is -0.336 e. The summed E-state index contributed by atoms with van der Waals surface area (Å²) < 4.78 is 13.0. The zero-order valence-electron chi connectivity index (χ0n) is 6.97. The number of nitrogens with zero attached hydrogens (tertiary/aromatic N) is 1. The molecule has 1 aromatic heterocycles. The van der Waals surface area contributed by atoms with E-state index < -0.39 is 0 Å². The number of hydrogen-bond acceptors (Lipinski definition) is 2. The van der Waals surface area contributed by atoms with Gasteiger partial charge in [-0.25, -0.2) is 9.37 Å². The number of aryl methyl sites for hydroxylation is 1. The Kier molecular flexibility index (Phi) is 1.62. The van der Waals surface area contributed by atoms with E-state index in [0.717, 1.165) is 0 Å². The number of fused-ring (bicyclic) bond motifs is 1. The number of aldehydes is 1. The van der Waals surface area contributed by atoms with Crippen molar-refractivity contribution in [2.24, 2.45) is 0 Å². The van der Waals surface area contributed by atoms with E-state index in [9.17, 15) is 9.18 Å². The Morgan fingerprint density at radius 3 is 3.00 bits per heavy atom. The van der Waals surface area contributed by atoms with Crippen molar-refractivity contribution < 1.29 is 9.18 Å². The molecule has 0 spiro atoms. The number of carbonyl (C=O) groups is 1. The largest absolute Gasteiger partial charge is 0.336 e. The van der Waals surface area contributed by atoms with Crippen LogP contribution in [0.15, 0.2) is 12.1 Å². The number of rotatable bonds is 1. The molecule has 0 saturated carbocycles. The van der Waals surface area contributed by atoms with Crippen molar-refractivity contribution >= 4 is 17.3 Å². The second-order valence-electron chi connectivity index (χ2n) is 2.81. The van der Waals surface area contributed by atoms with E-state index in [1.54, 1.807) is 13.0 Å². The highest BCUT2D eigenvalue weighted by Crippen LogP contribution is 2.17.